The van der Waals surface area contributed by atoms with E-state index in [4.69, 9.17) is 9.53 Å². The summed E-state index contributed by atoms with van der Waals surface area (Å²) in [5.41, 5.74) is 0.144. The van der Waals surface area contributed by atoms with Crippen LogP contribution in [0.3, 0.4) is 0 Å². The van der Waals surface area contributed by atoms with Crippen LogP contribution in [0.5, 0.6) is 0 Å². The zero-order valence-corrected chi connectivity index (χ0v) is 9.47. The lowest BCUT2D eigenvalue weighted by Crippen LogP contribution is -2.36. The van der Waals surface area contributed by atoms with Crippen molar-refractivity contribution in [3.8, 4) is 0 Å². The van der Waals surface area contributed by atoms with Gasteiger partial charge in [-0.2, -0.15) is 0 Å². The van der Waals surface area contributed by atoms with Gasteiger partial charge in [-0.05, 0) is 24.6 Å². The molecule has 0 saturated carbocycles. The van der Waals surface area contributed by atoms with E-state index in [0.717, 1.165) is 6.04 Å². The fraction of sp³-hybridized carbons (Fsp3) is 0.875. The van der Waals surface area contributed by atoms with Crippen LogP contribution in [-0.2, 0) is 4.43 Å². The normalized spacial score (nSPS) is 12.8. The molecule has 0 rings (SSSR count). The maximum atomic E-state index is 10.3. The molecule has 3 nitrogen and oxygen atoms in total. The molecule has 0 unspecified atom stereocenters. The SMILES string of the molecule is CC(C)(C)C[Si](C)(C)OC(=O)O. The molecule has 0 radical (unpaired) electrons. The highest BCUT2D eigenvalue weighted by molar-refractivity contribution is 6.72. The molecular formula is C8H18O3Si. The smallest absolute Gasteiger partial charge is 0.490 e. The van der Waals surface area contributed by atoms with Gasteiger partial charge in [0.15, 0.2) is 0 Å². The Labute approximate surface area is 74.9 Å². The summed E-state index contributed by atoms with van der Waals surface area (Å²) in [7, 11) is -2.00. The third kappa shape index (κ3) is 6.21. The van der Waals surface area contributed by atoms with E-state index in [9.17, 15) is 4.79 Å². The summed E-state index contributed by atoms with van der Waals surface area (Å²) in [4.78, 5) is 10.3. The molecule has 0 fully saturated rings. The third-order valence-corrected chi connectivity index (χ3v) is 3.96. The van der Waals surface area contributed by atoms with E-state index in [-0.39, 0.29) is 5.41 Å². The molecule has 0 aromatic heterocycles. The average Bonchev–Trinajstić information content (AvgIpc) is 1.48. The second-order valence-corrected chi connectivity index (χ2v) is 8.94. The highest BCUT2D eigenvalue weighted by Crippen LogP contribution is 2.28. The Hall–Kier alpha value is -0.513. The van der Waals surface area contributed by atoms with Crippen molar-refractivity contribution >= 4 is 14.5 Å². The van der Waals surface area contributed by atoms with Crippen molar-refractivity contribution in [2.45, 2.75) is 39.9 Å². The molecule has 0 aromatic rings. The molecule has 0 atom stereocenters. The number of hydrogen-bond acceptors (Lipinski definition) is 2. The van der Waals surface area contributed by atoms with Crippen LogP contribution in [0, 0.1) is 5.41 Å². The van der Waals surface area contributed by atoms with Crippen LogP contribution in [0.1, 0.15) is 20.8 Å². The van der Waals surface area contributed by atoms with Crippen LogP contribution >= 0.6 is 0 Å². The molecule has 0 bridgehead atoms. The first-order chi connectivity index (χ1) is 5.12. The summed E-state index contributed by atoms with van der Waals surface area (Å²) in [6.45, 7) is 10.1. The predicted octanol–water partition coefficient (Wildman–Crippen LogP) is 2.93. The lowest BCUT2D eigenvalue weighted by atomic mass is 10.0. The minimum Gasteiger partial charge on any atom is -0.490 e. The Morgan fingerprint density at radius 2 is 1.83 bits per heavy atom. The molecule has 4 heteroatoms. The Morgan fingerprint density at radius 1 is 1.42 bits per heavy atom. The van der Waals surface area contributed by atoms with Crippen molar-refractivity contribution in [2.24, 2.45) is 5.41 Å². The highest BCUT2D eigenvalue weighted by atomic mass is 28.4. The van der Waals surface area contributed by atoms with Gasteiger partial charge in [0.25, 0.3) is 8.32 Å². The van der Waals surface area contributed by atoms with Gasteiger partial charge in [-0.25, -0.2) is 4.79 Å². The molecule has 1 N–H and O–H groups in total. The maximum absolute atomic E-state index is 10.3. The minimum atomic E-state index is -2.00. The predicted molar refractivity (Wildman–Crippen MR) is 50.9 cm³/mol. The first-order valence-electron chi connectivity index (χ1n) is 4.04. The standard InChI is InChI=1S/C8H18O3Si/c1-8(2,3)6-12(4,5)11-7(9)10/h6H2,1-5H3,(H,9,10). The van der Waals surface area contributed by atoms with Crippen molar-refractivity contribution in [1.82, 2.24) is 0 Å². The van der Waals surface area contributed by atoms with E-state index in [1.54, 1.807) is 0 Å². The van der Waals surface area contributed by atoms with Crippen molar-refractivity contribution in [3.63, 3.8) is 0 Å². The average molecular weight is 190 g/mol. The summed E-state index contributed by atoms with van der Waals surface area (Å²) >= 11 is 0. The summed E-state index contributed by atoms with van der Waals surface area (Å²) in [6.07, 6.45) is -1.14. The zero-order valence-electron chi connectivity index (χ0n) is 8.47. The van der Waals surface area contributed by atoms with Gasteiger partial charge in [-0.15, -0.1) is 0 Å². The van der Waals surface area contributed by atoms with Gasteiger partial charge >= 0.3 is 6.16 Å². The van der Waals surface area contributed by atoms with Crippen LogP contribution in [0.25, 0.3) is 0 Å². The van der Waals surface area contributed by atoms with Gasteiger partial charge in [-0.1, -0.05) is 20.8 Å². The van der Waals surface area contributed by atoms with E-state index in [1.807, 2.05) is 13.1 Å². The summed E-state index contributed by atoms with van der Waals surface area (Å²) in [6, 6.07) is 0.853. The molecule has 0 spiro atoms. The van der Waals surface area contributed by atoms with Gasteiger partial charge in [0, 0.05) is 0 Å². The van der Waals surface area contributed by atoms with Crippen molar-refractivity contribution < 1.29 is 14.3 Å². The van der Waals surface area contributed by atoms with Crippen LogP contribution in [0.2, 0.25) is 19.1 Å². The maximum Gasteiger partial charge on any atom is 0.491 e. The van der Waals surface area contributed by atoms with Gasteiger partial charge < -0.3 is 9.53 Å². The minimum absolute atomic E-state index is 0.144. The first kappa shape index (κ1) is 11.5. The fourth-order valence-electron chi connectivity index (χ4n) is 1.55. The van der Waals surface area contributed by atoms with Crippen LogP contribution in [0.4, 0.5) is 4.79 Å². The van der Waals surface area contributed by atoms with E-state index in [1.165, 1.54) is 0 Å². The lowest BCUT2D eigenvalue weighted by Gasteiger charge is -2.28. The molecular weight excluding hydrogens is 172 g/mol. The number of hydrogen-bond donors (Lipinski definition) is 1. The first-order valence-corrected chi connectivity index (χ1v) is 7.16. The monoisotopic (exact) mass is 190 g/mol. The van der Waals surface area contributed by atoms with Crippen LogP contribution in [-0.4, -0.2) is 19.6 Å². The summed E-state index contributed by atoms with van der Waals surface area (Å²) in [5, 5.41) is 8.46. The molecule has 0 aliphatic carbocycles. The van der Waals surface area contributed by atoms with E-state index >= 15 is 0 Å². The van der Waals surface area contributed by atoms with E-state index in [2.05, 4.69) is 20.8 Å². The summed E-state index contributed by atoms with van der Waals surface area (Å²) < 4.78 is 4.87. The second-order valence-electron chi connectivity index (χ2n) is 4.87. The Kier molecular flexibility index (Phi) is 3.32. The highest BCUT2D eigenvalue weighted by Gasteiger charge is 2.32. The van der Waals surface area contributed by atoms with Crippen molar-refractivity contribution in [2.75, 3.05) is 0 Å². The third-order valence-electron chi connectivity index (χ3n) is 1.32. The van der Waals surface area contributed by atoms with Gasteiger partial charge in [0.2, 0.25) is 0 Å². The molecule has 0 heterocycles. The second kappa shape index (κ2) is 3.47. The van der Waals surface area contributed by atoms with Crippen molar-refractivity contribution in [3.05, 3.63) is 0 Å². The van der Waals surface area contributed by atoms with Gasteiger partial charge in [0.1, 0.15) is 0 Å². The summed E-state index contributed by atoms with van der Waals surface area (Å²) in [5.74, 6) is 0. The number of carboxylic acid groups (broad SMARTS) is 1. The number of carbonyl (C=O) groups is 1. The van der Waals surface area contributed by atoms with Gasteiger partial charge in [0.05, 0.1) is 0 Å². The topological polar surface area (TPSA) is 46.5 Å². The molecule has 0 aromatic carbocycles. The Morgan fingerprint density at radius 3 is 2.08 bits per heavy atom. The molecule has 0 aliphatic rings. The molecule has 0 aliphatic heterocycles. The lowest BCUT2D eigenvalue weighted by molar-refractivity contribution is 0.140. The zero-order chi connectivity index (χ0) is 9.99. The van der Waals surface area contributed by atoms with Gasteiger partial charge in [-0.3, -0.25) is 0 Å². The molecule has 72 valence electrons. The Balaban J connectivity index is 4.13. The van der Waals surface area contributed by atoms with Crippen molar-refractivity contribution in [1.29, 1.82) is 0 Å². The molecule has 12 heavy (non-hydrogen) atoms. The quantitative estimate of drug-likeness (QED) is 0.681. The van der Waals surface area contributed by atoms with E-state index in [0.29, 0.717) is 0 Å². The van der Waals surface area contributed by atoms with Crippen LogP contribution in [0.15, 0.2) is 0 Å². The number of rotatable bonds is 2. The fourth-order valence-corrected chi connectivity index (χ4v) is 4.65. The van der Waals surface area contributed by atoms with E-state index < -0.39 is 14.5 Å². The molecule has 0 saturated heterocycles. The molecule has 0 amide bonds. The Bertz CT molecular complexity index is 170. The van der Waals surface area contributed by atoms with Crippen LogP contribution < -0.4 is 0 Å². The largest absolute Gasteiger partial charge is 0.491 e.